The average Bonchev–Trinajstić information content (AvgIpc) is 2.17. The summed E-state index contributed by atoms with van der Waals surface area (Å²) < 4.78 is 0. The Morgan fingerprint density at radius 2 is 2.13 bits per heavy atom. The van der Waals surface area contributed by atoms with Gasteiger partial charge in [0.1, 0.15) is 0 Å². The van der Waals surface area contributed by atoms with Gasteiger partial charge in [0.25, 0.3) is 0 Å². The van der Waals surface area contributed by atoms with Gasteiger partial charge in [0.05, 0.1) is 0 Å². The Morgan fingerprint density at radius 3 is 2.73 bits per heavy atom. The van der Waals surface area contributed by atoms with Crippen LogP contribution in [-0.4, -0.2) is 25.2 Å². The summed E-state index contributed by atoms with van der Waals surface area (Å²) in [5.41, 5.74) is 2.35. The van der Waals surface area contributed by atoms with Gasteiger partial charge in [-0.15, -0.1) is 0 Å². The van der Waals surface area contributed by atoms with E-state index in [1.54, 1.807) is 0 Å². The molecule has 1 aromatic carbocycles. The van der Waals surface area contributed by atoms with Gasteiger partial charge in [0, 0.05) is 26.2 Å². The van der Waals surface area contributed by atoms with E-state index in [4.69, 9.17) is 5.11 Å². The summed E-state index contributed by atoms with van der Waals surface area (Å²) in [4.78, 5) is 12.4. The first-order chi connectivity index (χ1) is 7.09. The monoisotopic (exact) mass is 207 g/mol. The van der Waals surface area contributed by atoms with Gasteiger partial charge in [-0.1, -0.05) is 12.1 Å². The van der Waals surface area contributed by atoms with Crippen molar-refractivity contribution in [2.45, 2.75) is 19.3 Å². The first-order valence-electron chi connectivity index (χ1n) is 5.07. The number of rotatable bonds is 5. The van der Waals surface area contributed by atoms with Gasteiger partial charge >= 0.3 is 5.97 Å². The number of aliphatic carboxylic acids is 1. The first kappa shape index (κ1) is 11.6. The first-order valence-corrected chi connectivity index (χ1v) is 5.07. The van der Waals surface area contributed by atoms with E-state index in [1.807, 2.05) is 37.2 Å². The van der Waals surface area contributed by atoms with E-state index < -0.39 is 5.97 Å². The number of carbonyl (C=O) groups is 1. The standard InChI is InChI=1S/C12H17NO2/c1-13(2)11-7-3-5-10(9-11)6-4-8-12(14)15/h3,5,7,9H,4,6,8H2,1-2H3,(H,14,15). The Bertz CT molecular complexity index is 334. The van der Waals surface area contributed by atoms with Gasteiger partial charge in [-0.2, -0.15) is 0 Å². The molecule has 0 atom stereocenters. The van der Waals surface area contributed by atoms with Crippen LogP contribution in [0.1, 0.15) is 18.4 Å². The lowest BCUT2D eigenvalue weighted by atomic mass is 10.1. The smallest absolute Gasteiger partial charge is 0.303 e. The highest BCUT2D eigenvalue weighted by molar-refractivity contribution is 5.66. The lowest BCUT2D eigenvalue weighted by Gasteiger charge is -2.13. The van der Waals surface area contributed by atoms with E-state index in [-0.39, 0.29) is 6.42 Å². The molecule has 0 unspecified atom stereocenters. The van der Waals surface area contributed by atoms with Crippen molar-refractivity contribution < 1.29 is 9.90 Å². The van der Waals surface area contributed by atoms with Crippen LogP contribution >= 0.6 is 0 Å². The molecule has 0 saturated heterocycles. The Kier molecular flexibility index (Phi) is 4.16. The minimum Gasteiger partial charge on any atom is -0.481 e. The van der Waals surface area contributed by atoms with E-state index in [2.05, 4.69) is 6.07 Å². The van der Waals surface area contributed by atoms with Crippen molar-refractivity contribution in [2.24, 2.45) is 0 Å². The summed E-state index contributed by atoms with van der Waals surface area (Å²) in [6.07, 6.45) is 1.77. The van der Waals surface area contributed by atoms with Crippen molar-refractivity contribution >= 4 is 11.7 Å². The van der Waals surface area contributed by atoms with Crippen molar-refractivity contribution in [1.82, 2.24) is 0 Å². The summed E-state index contributed by atoms with van der Waals surface area (Å²) in [5, 5.41) is 8.53. The fourth-order valence-electron chi connectivity index (χ4n) is 1.43. The zero-order valence-corrected chi connectivity index (χ0v) is 9.23. The molecule has 3 nitrogen and oxygen atoms in total. The van der Waals surface area contributed by atoms with Crippen molar-refractivity contribution in [3.63, 3.8) is 0 Å². The predicted octanol–water partition coefficient (Wildman–Crippen LogP) is 2.16. The molecule has 0 fully saturated rings. The van der Waals surface area contributed by atoms with E-state index >= 15 is 0 Å². The molecule has 0 amide bonds. The molecule has 0 saturated carbocycles. The van der Waals surface area contributed by atoms with Crippen LogP contribution in [0.15, 0.2) is 24.3 Å². The molecule has 1 N–H and O–H groups in total. The molecule has 0 aromatic heterocycles. The van der Waals surface area contributed by atoms with Gasteiger partial charge in [-0.25, -0.2) is 0 Å². The lowest BCUT2D eigenvalue weighted by molar-refractivity contribution is -0.137. The van der Waals surface area contributed by atoms with E-state index in [9.17, 15) is 4.79 Å². The molecule has 82 valence electrons. The third-order valence-corrected chi connectivity index (χ3v) is 2.28. The predicted molar refractivity (Wildman–Crippen MR) is 61.3 cm³/mol. The summed E-state index contributed by atoms with van der Waals surface area (Å²) in [6.45, 7) is 0. The molecule has 0 radical (unpaired) electrons. The number of hydrogen-bond donors (Lipinski definition) is 1. The van der Waals surface area contributed by atoms with Crippen LogP contribution in [-0.2, 0) is 11.2 Å². The largest absolute Gasteiger partial charge is 0.481 e. The number of nitrogens with zero attached hydrogens (tertiary/aromatic N) is 1. The van der Waals surface area contributed by atoms with Gasteiger partial charge in [-0.3, -0.25) is 4.79 Å². The number of aryl methyl sites for hydroxylation is 1. The molecule has 15 heavy (non-hydrogen) atoms. The molecule has 0 aliphatic rings. The molecule has 0 spiro atoms. The third-order valence-electron chi connectivity index (χ3n) is 2.28. The number of benzene rings is 1. The summed E-state index contributed by atoms with van der Waals surface area (Å²) in [7, 11) is 3.99. The Balaban J connectivity index is 2.54. The maximum absolute atomic E-state index is 10.4. The fourth-order valence-corrected chi connectivity index (χ4v) is 1.43. The second-order valence-electron chi connectivity index (χ2n) is 3.81. The maximum Gasteiger partial charge on any atom is 0.303 e. The zero-order chi connectivity index (χ0) is 11.3. The third kappa shape index (κ3) is 4.02. The molecule has 1 rings (SSSR count). The van der Waals surface area contributed by atoms with Crippen molar-refractivity contribution in [3.05, 3.63) is 29.8 Å². The quantitative estimate of drug-likeness (QED) is 0.804. The number of carboxylic acid groups (broad SMARTS) is 1. The molecule has 0 bridgehead atoms. The van der Waals surface area contributed by atoms with Crippen molar-refractivity contribution in [1.29, 1.82) is 0 Å². The molecular weight excluding hydrogens is 190 g/mol. The minimum atomic E-state index is -0.723. The molecule has 1 aromatic rings. The summed E-state index contributed by atoms with van der Waals surface area (Å²) in [6, 6.07) is 8.18. The van der Waals surface area contributed by atoms with E-state index in [0.29, 0.717) is 6.42 Å². The number of hydrogen-bond acceptors (Lipinski definition) is 2. The van der Waals surface area contributed by atoms with Gasteiger partial charge in [0.2, 0.25) is 0 Å². The zero-order valence-electron chi connectivity index (χ0n) is 9.23. The topological polar surface area (TPSA) is 40.5 Å². The molecule has 0 aliphatic heterocycles. The van der Waals surface area contributed by atoms with Crippen LogP contribution in [0.3, 0.4) is 0 Å². The number of carboxylic acids is 1. The highest BCUT2D eigenvalue weighted by atomic mass is 16.4. The lowest BCUT2D eigenvalue weighted by Crippen LogP contribution is -2.08. The molecule has 0 heterocycles. The van der Waals surface area contributed by atoms with Crippen molar-refractivity contribution in [3.8, 4) is 0 Å². The molecule has 3 heteroatoms. The van der Waals surface area contributed by atoms with Crippen molar-refractivity contribution in [2.75, 3.05) is 19.0 Å². The second kappa shape index (κ2) is 5.39. The number of anilines is 1. The van der Waals surface area contributed by atoms with Crippen LogP contribution in [0.5, 0.6) is 0 Å². The summed E-state index contributed by atoms with van der Waals surface area (Å²) >= 11 is 0. The highest BCUT2D eigenvalue weighted by Gasteiger charge is 2.00. The molecule has 0 aliphatic carbocycles. The Hall–Kier alpha value is -1.51. The van der Waals surface area contributed by atoms with Gasteiger partial charge in [-0.05, 0) is 30.5 Å². The van der Waals surface area contributed by atoms with Gasteiger partial charge in [0.15, 0.2) is 0 Å². The van der Waals surface area contributed by atoms with Gasteiger partial charge < -0.3 is 10.0 Å². The van der Waals surface area contributed by atoms with Crippen LogP contribution < -0.4 is 4.90 Å². The average molecular weight is 207 g/mol. The molecular formula is C12H17NO2. The second-order valence-corrected chi connectivity index (χ2v) is 3.81. The minimum absolute atomic E-state index is 0.242. The maximum atomic E-state index is 10.4. The fraction of sp³-hybridized carbons (Fsp3) is 0.417. The van der Waals surface area contributed by atoms with Crippen LogP contribution in [0.25, 0.3) is 0 Å². The van der Waals surface area contributed by atoms with E-state index in [0.717, 1.165) is 12.1 Å². The van der Waals surface area contributed by atoms with E-state index in [1.165, 1.54) is 5.56 Å². The Labute approximate surface area is 90.3 Å². The highest BCUT2D eigenvalue weighted by Crippen LogP contribution is 2.15. The van der Waals surface area contributed by atoms with Crippen LogP contribution in [0.2, 0.25) is 0 Å². The van der Waals surface area contributed by atoms with Crippen LogP contribution in [0, 0.1) is 0 Å². The Morgan fingerprint density at radius 1 is 1.40 bits per heavy atom. The van der Waals surface area contributed by atoms with Crippen LogP contribution in [0.4, 0.5) is 5.69 Å². The summed E-state index contributed by atoms with van der Waals surface area (Å²) in [5.74, 6) is -0.723. The SMILES string of the molecule is CN(C)c1cccc(CCCC(=O)O)c1. The normalized spacial score (nSPS) is 10.0.